The van der Waals surface area contributed by atoms with Crippen molar-refractivity contribution in [1.29, 1.82) is 0 Å². The summed E-state index contributed by atoms with van der Waals surface area (Å²) in [5.74, 6) is 0.275. The van der Waals surface area contributed by atoms with Gasteiger partial charge in [0, 0.05) is 24.0 Å². The number of hydrogen-bond acceptors (Lipinski definition) is 6. The standard InChI is InChI=1S/C21H23N5O2S/c1-3-25(4-2)10-11-26-18-8-6-5-7-16(18)23-21(26)24-19(27)17-14-29-20(22-17)15-9-12-28-13-15/h5-9,12-14H,3-4,10-11H2,1-2H3,(H,23,24,27). The molecule has 0 atom stereocenters. The number of rotatable bonds is 8. The van der Waals surface area contributed by atoms with E-state index in [1.54, 1.807) is 17.9 Å². The van der Waals surface area contributed by atoms with Crippen LogP contribution in [0.1, 0.15) is 24.3 Å². The van der Waals surface area contributed by atoms with Crippen LogP contribution < -0.4 is 5.32 Å². The first kappa shape index (κ1) is 19.4. The molecule has 29 heavy (non-hydrogen) atoms. The molecule has 0 aliphatic rings. The molecular weight excluding hydrogens is 386 g/mol. The lowest BCUT2D eigenvalue weighted by molar-refractivity contribution is 0.102. The van der Waals surface area contributed by atoms with Gasteiger partial charge in [-0.05, 0) is 31.3 Å². The number of para-hydroxylation sites is 2. The van der Waals surface area contributed by atoms with Gasteiger partial charge in [-0.2, -0.15) is 0 Å². The highest BCUT2D eigenvalue weighted by Gasteiger charge is 2.17. The van der Waals surface area contributed by atoms with E-state index in [-0.39, 0.29) is 5.91 Å². The predicted molar refractivity (Wildman–Crippen MR) is 115 cm³/mol. The molecule has 0 bridgehead atoms. The summed E-state index contributed by atoms with van der Waals surface area (Å²) in [5.41, 5.74) is 3.10. The van der Waals surface area contributed by atoms with Crippen LogP contribution in [0.2, 0.25) is 0 Å². The largest absolute Gasteiger partial charge is 0.472 e. The molecule has 7 nitrogen and oxygen atoms in total. The Bertz CT molecular complexity index is 1100. The van der Waals surface area contributed by atoms with E-state index in [1.165, 1.54) is 11.3 Å². The molecule has 150 valence electrons. The third kappa shape index (κ3) is 4.08. The van der Waals surface area contributed by atoms with Gasteiger partial charge in [0.25, 0.3) is 5.91 Å². The Balaban J connectivity index is 1.58. The fraction of sp³-hybridized carbons (Fsp3) is 0.286. The molecule has 0 aliphatic heterocycles. The fourth-order valence-electron chi connectivity index (χ4n) is 3.24. The number of benzene rings is 1. The number of likely N-dealkylation sites (N-methyl/N-ethyl adjacent to an activating group) is 1. The molecular formula is C21H23N5O2S. The minimum absolute atomic E-state index is 0.268. The lowest BCUT2D eigenvalue weighted by Gasteiger charge is -2.19. The first-order valence-corrected chi connectivity index (χ1v) is 10.5. The Morgan fingerprint density at radius 3 is 2.79 bits per heavy atom. The number of thiazole rings is 1. The van der Waals surface area contributed by atoms with Crippen LogP contribution in [0.5, 0.6) is 0 Å². The number of imidazole rings is 1. The summed E-state index contributed by atoms with van der Waals surface area (Å²) in [4.78, 5) is 24.2. The van der Waals surface area contributed by atoms with Crippen molar-refractivity contribution < 1.29 is 9.21 Å². The molecule has 3 heterocycles. The number of nitrogens with zero attached hydrogens (tertiary/aromatic N) is 4. The average molecular weight is 410 g/mol. The van der Waals surface area contributed by atoms with Crippen LogP contribution in [0.4, 0.5) is 5.95 Å². The van der Waals surface area contributed by atoms with Crippen LogP contribution in [0, 0.1) is 0 Å². The molecule has 0 saturated heterocycles. The first-order chi connectivity index (χ1) is 14.2. The van der Waals surface area contributed by atoms with Gasteiger partial charge in [-0.3, -0.25) is 10.1 Å². The van der Waals surface area contributed by atoms with Gasteiger partial charge in [0.05, 0.1) is 17.3 Å². The monoisotopic (exact) mass is 409 g/mol. The zero-order valence-corrected chi connectivity index (χ0v) is 17.3. The van der Waals surface area contributed by atoms with Gasteiger partial charge in [0.2, 0.25) is 5.95 Å². The molecule has 0 fully saturated rings. The normalized spacial score (nSPS) is 11.4. The highest BCUT2D eigenvalue weighted by Crippen LogP contribution is 2.25. The lowest BCUT2D eigenvalue weighted by Crippen LogP contribution is -2.27. The highest BCUT2D eigenvalue weighted by molar-refractivity contribution is 7.13. The van der Waals surface area contributed by atoms with Crippen LogP contribution in [-0.2, 0) is 6.54 Å². The topological polar surface area (TPSA) is 76.2 Å². The van der Waals surface area contributed by atoms with Crippen LogP contribution >= 0.6 is 11.3 Å². The molecule has 4 rings (SSSR count). The van der Waals surface area contributed by atoms with E-state index < -0.39 is 0 Å². The van der Waals surface area contributed by atoms with Crippen molar-refractivity contribution in [3.8, 4) is 10.6 Å². The van der Waals surface area contributed by atoms with E-state index in [2.05, 4.69) is 38.6 Å². The Kier molecular flexibility index (Phi) is 5.73. The summed E-state index contributed by atoms with van der Waals surface area (Å²) in [6.45, 7) is 7.91. The van der Waals surface area contributed by atoms with Crippen molar-refractivity contribution in [2.75, 3.05) is 25.0 Å². The van der Waals surface area contributed by atoms with Crippen molar-refractivity contribution in [3.63, 3.8) is 0 Å². The minimum atomic E-state index is -0.268. The quantitative estimate of drug-likeness (QED) is 0.468. The van der Waals surface area contributed by atoms with Gasteiger partial charge in [-0.25, -0.2) is 9.97 Å². The fourth-order valence-corrected chi connectivity index (χ4v) is 4.03. The summed E-state index contributed by atoms with van der Waals surface area (Å²) in [5, 5.41) is 5.45. The summed E-state index contributed by atoms with van der Waals surface area (Å²) >= 11 is 1.41. The van der Waals surface area contributed by atoms with Crippen LogP contribution in [0.25, 0.3) is 21.6 Å². The predicted octanol–water partition coefficient (Wildman–Crippen LogP) is 4.35. The van der Waals surface area contributed by atoms with Crippen LogP contribution in [0.15, 0.2) is 52.7 Å². The number of aromatic nitrogens is 3. The van der Waals surface area contributed by atoms with Crippen molar-refractivity contribution in [1.82, 2.24) is 19.4 Å². The molecule has 0 saturated carbocycles. The smallest absolute Gasteiger partial charge is 0.277 e. The molecule has 1 N–H and O–H groups in total. The Morgan fingerprint density at radius 2 is 2.03 bits per heavy atom. The molecule has 4 aromatic rings. The molecule has 3 aromatic heterocycles. The van der Waals surface area contributed by atoms with Gasteiger partial charge in [0.15, 0.2) is 0 Å². The average Bonchev–Trinajstić information content (AvgIpc) is 3.48. The maximum Gasteiger partial charge on any atom is 0.277 e. The maximum absolute atomic E-state index is 12.8. The van der Waals surface area contributed by atoms with Gasteiger partial charge in [-0.1, -0.05) is 26.0 Å². The number of carbonyl (C=O) groups excluding carboxylic acids is 1. The summed E-state index contributed by atoms with van der Waals surface area (Å²) in [6, 6.07) is 9.75. The molecule has 1 amide bonds. The first-order valence-electron chi connectivity index (χ1n) is 9.66. The van der Waals surface area contributed by atoms with E-state index in [0.29, 0.717) is 11.6 Å². The second-order valence-corrected chi connectivity index (χ2v) is 7.46. The van der Waals surface area contributed by atoms with Crippen molar-refractivity contribution in [3.05, 3.63) is 53.9 Å². The number of nitrogens with one attached hydrogen (secondary N) is 1. The van der Waals surface area contributed by atoms with Crippen LogP contribution in [0.3, 0.4) is 0 Å². The van der Waals surface area contributed by atoms with Gasteiger partial charge < -0.3 is 13.9 Å². The van der Waals surface area contributed by atoms with Crippen molar-refractivity contribution in [2.24, 2.45) is 0 Å². The third-order valence-electron chi connectivity index (χ3n) is 4.92. The van der Waals surface area contributed by atoms with E-state index in [9.17, 15) is 4.79 Å². The number of carbonyl (C=O) groups is 1. The summed E-state index contributed by atoms with van der Waals surface area (Å²) < 4.78 is 7.16. The Hall–Kier alpha value is -2.97. The number of fused-ring (bicyclic) bond motifs is 1. The SMILES string of the molecule is CCN(CC)CCn1c(NC(=O)c2csc(-c3ccoc3)n2)nc2ccccc21. The van der Waals surface area contributed by atoms with Crippen molar-refractivity contribution >= 4 is 34.2 Å². The minimum Gasteiger partial charge on any atom is -0.472 e. The molecule has 0 radical (unpaired) electrons. The molecule has 1 aromatic carbocycles. The van der Waals surface area contributed by atoms with E-state index >= 15 is 0 Å². The van der Waals surface area contributed by atoms with Crippen LogP contribution in [-0.4, -0.2) is 45.0 Å². The second-order valence-electron chi connectivity index (χ2n) is 6.61. The number of furan rings is 1. The van der Waals surface area contributed by atoms with E-state index in [0.717, 1.165) is 47.8 Å². The zero-order chi connectivity index (χ0) is 20.2. The third-order valence-corrected chi connectivity index (χ3v) is 5.81. The van der Waals surface area contributed by atoms with Gasteiger partial charge in [0.1, 0.15) is 17.0 Å². The Morgan fingerprint density at radius 1 is 1.21 bits per heavy atom. The number of hydrogen-bond donors (Lipinski definition) is 1. The Labute approximate surface area is 173 Å². The number of anilines is 1. The maximum atomic E-state index is 12.8. The lowest BCUT2D eigenvalue weighted by atomic mass is 10.3. The molecule has 0 aliphatic carbocycles. The molecule has 0 spiro atoms. The summed E-state index contributed by atoms with van der Waals surface area (Å²) in [7, 11) is 0. The summed E-state index contributed by atoms with van der Waals surface area (Å²) in [6.07, 6.45) is 3.21. The number of amides is 1. The van der Waals surface area contributed by atoms with Gasteiger partial charge in [-0.15, -0.1) is 11.3 Å². The molecule has 8 heteroatoms. The molecule has 0 unspecified atom stereocenters. The van der Waals surface area contributed by atoms with E-state index in [4.69, 9.17) is 4.42 Å². The van der Waals surface area contributed by atoms with Crippen molar-refractivity contribution in [2.45, 2.75) is 20.4 Å². The van der Waals surface area contributed by atoms with Gasteiger partial charge >= 0.3 is 0 Å². The highest BCUT2D eigenvalue weighted by atomic mass is 32.1. The van der Waals surface area contributed by atoms with E-state index in [1.807, 2.05) is 30.3 Å². The zero-order valence-electron chi connectivity index (χ0n) is 16.5. The second kappa shape index (κ2) is 8.59.